The summed E-state index contributed by atoms with van der Waals surface area (Å²) >= 11 is 9.37. The number of sulfonamides is 1. The van der Waals surface area contributed by atoms with Crippen molar-refractivity contribution in [3.8, 4) is 0 Å². The highest BCUT2D eigenvalue weighted by Crippen LogP contribution is 2.22. The van der Waals surface area contributed by atoms with E-state index < -0.39 is 10.0 Å². The molecule has 0 fully saturated rings. The Morgan fingerprint density at radius 3 is 2.72 bits per heavy atom. The molecule has 0 aliphatic carbocycles. The number of benzene rings is 1. The monoisotopic (exact) mass is 349 g/mol. The molecule has 2 aromatic rings. The molecular formula is C10H9BrClN3O2S. The van der Waals surface area contributed by atoms with E-state index in [-0.39, 0.29) is 4.90 Å². The molecule has 0 aliphatic heterocycles. The Hall–Kier alpha value is -0.890. The summed E-state index contributed by atoms with van der Waals surface area (Å²) in [6.45, 7) is 0.377. The molecule has 0 atom stereocenters. The molecule has 1 heterocycles. The number of rotatable bonds is 3. The van der Waals surface area contributed by atoms with Gasteiger partial charge >= 0.3 is 0 Å². The normalized spacial score (nSPS) is 11.7. The van der Waals surface area contributed by atoms with E-state index in [9.17, 15) is 8.42 Å². The molecule has 0 bridgehead atoms. The highest BCUT2D eigenvalue weighted by Gasteiger charge is 2.11. The lowest BCUT2D eigenvalue weighted by atomic mass is 10.2. The van der Waals surface area contributed by atoms with Crippen molar-refractivity contribution >= 4 is 37.6 Å². The van der Waals surface area contributed by atoms with Gasteiger partial charge in [0.25, 0.3) is 0 Å². The van der Waals surface area contributed by atoms with Crippen LogP contribution in [0.2, 0.25) is 5.02 Å². The number of halogens is 2. The maximum Gasteiger partial charge on any atom is 0.241 e. The predicted molar refractivity (Wildman–Crippen MR) is 71.9 cm³/mol. The molecule has 0 aliphatic rings. The molecular weight excluding hydrogens is 342 g/mol. The zero-order chi connectivity index (χ0) is 13.3. The molecule has 2 N–H and O–H groups in total. The third-order valence-electron chi connectivity index (χ3n) is 2.29. The fourth-order valence-corrected chi connectivity index (χ4v) is 2.60. The molecule has 96 valence electrons. The summed E-state index contributed by atoms with van der Waals surface area (Å²) in [4.78, 5) is -0.0178. The summed E-state index contributed by atoms with van der Waals surface area (Å²) < 4.78 is 24.5. The van der Waals surface area contributed by atoms with E-state index in [1.165, 1.54) is 17.1 Å². The SMILES string of the molecule is NS(=O)(=O)c1cnn(Cc2ccc(Br)cc2Cl)c1. The Balaban J connectivity index is 2.27. The van der Waals surface area contributed by atoms with Crippen LogP contribution in [0.25, 0.3) is 0 Å². The Labute approximate surface area is 118 Å². The van der Waals surface area contributed by atoms with Gasteiger partial charge in [0.2, 0.25) is 10.0 Å². The van der Waals surface area contributed by atoms with Crippen molar-refractivity contribution in [1.82, 2.24) is 9.78 Å². The van der Waals surface area contributed by atoms with Gasteiger partial charge in [-0.1, -0.05) is 33.6 Å². The van der Waals surface area contributed by atoms with E-state index in [4.69, 9.17) is 16.7 Å². The first kappa shape index (κ1) is 13.5. The van der Waals surface area contributed by atoms with Crippen molar-refractivity contribution in [2.45, 2.75) is 11.4 Å². The lowest BCUT2D eigenvalue weighted by Crippen LogP contribution is -2.11. The van der Waals surface area contributed by atoms with Crippen LogP contribution in [-0.2, 0) is 16.6 Å². The van der Waals surface area contributed by atoms with Crippen molar-refractivity contribution in [3.05, 3.63) is 45.7 Å². The highest BCUT2D eigenvalue weighted by molar-refractivity contribution is 9.10. The molecule has 0 amide bonds. The predicted octanol–water partition coefficient (Wildman–Crippen LogP) is 1.99. The van der Waals surface area contributed by atoms with Gasteiger partial charge in [-0.15, -0.1) is 0 Å². The Kier molecular flexibility index (Phi) is 3.76. The maximum absolute atomic E-state index is 11.1. The number of aromatic nitrogens is 2. The fraction of sp³-hybridized carbons (Fsp3) is 0.100. The molecule has 0 spiro atoms. The second kappa shape index (κ2) is 5.00. The van der Waals surface area contributed by atoms with Gasteiger partial charge in [-0.3, -0.25) is 4.68 Å². The Morgan fingerprint density at radius 1 is 1.44 bits per heavy atom. The van der Waals surface area contributed by atoms with Gasteiger partial charge in [0.1, 0.15) is 4.90 Å². The van der Waals surface area contributed by atoms with Gasteiger partial charge < -0.3 is 0 Å². The van der Waals surface area contributed by atoms with E-state index >= 15 is 0 Å². The second-order valence-electron chi connectivity index (χ2n) is 3.65. The molecule has 0 saturated heterocycles. The lowest BCUT2D eigenvalue weighted by Gasteiger charge is -2.04. The van der Waals surface area contributed by atoms with Crippen LogP contribution in [0.1, 0.15) is 5.56 Å². The van der Waals surface area contributed by atoms with E-state index in [0.29, 0.717) is 11.6 Å². The third-order valence-corrected chi connectivity index (χ3v) is 4.00. The largest absolute Gasteiger partial charge is 0.267 e. The van der Waals surface area contributed by atoms with Crippen LogP contribution in [0, 0.1) is 0 Å². The zero-order valence-electron chi connectivity index (χ0n) is 9.05. The maximum atomic E-state index is 11.1. The van der Waals surface area contributed by atoms with Crippen LogP contribution in [0.4, 0.5) is 0 Å². The van der Waals surface area contributed by atoms with Gasteiger partial charge in [0, 0.05) is 15.7 Å². The number of hydrogen-bond donors (Lipinski definition) is 1. The topological polar surface area (TPSA) is 78.0 Å². The Morgan fingerprint density at radius 2 is 2.17 bits per heavy atom. The third kappa shape index (κ3) is 3.11. The van der Waals surface area contributed by atoms with E-state index in [1.807, 2.05) is 12.1 Å². The van der Waals surface area contributed by atoms with E-state index in [0.717, 1.165) is 10.0 Å². The molecule has 1 aromatic heterocycles. The highest BCUT2D eigenvalue weighted by atomic mass is 79.9. The lowest BCUT2D eigenvalue weighted by molar-refractivity contribution is 0.597. The molecule has 0 radical (unpaired) electrons. The van der Waals surface area contributed by atoms with Crippen LogP contribution in [-0.4, -0.2) is 18.2 Å². The second-order valence-corrected chi connectivity index (χ2v) is 6.54. The van der Waals surface area contributed by atoms with Crippen molar-refractivity contribution in [2.75, 3.05) is 0 Å². The number of primary sulfonamides is 1. The summed E-state index contributed by atoms with van der Waals surface area (Å²) in [5.41, 5.74) is 0.837. The van der Waals surface area contributed by atoms with E-state index in [2.05, 4.69) is 21.0 Å². The van der Waals surface area contributed by atoms with Gasteiger partial charge in [-0.25, -0.2) is 13.6 Å². The molecule has 0 unspecified atom stereocenters. The smallest absolute Gasteiger partial charge is 0.241 e. The minimum atomic E-state index is -3.71. The quantitative estimate of drug-likeness (QED) is 0.919. The van der Waals surface area contributed by atoms with Crippen LogP contribution in [0.5, 0.6) is 0 Å². The van der Waals surface area contributed by atoms with Crippen molar-refractivity contribution in [1.29, 1.82) is 0 Å². The first-order chi connectivity index (χ1) is 8.36. The summed E-state index contributed by atoms with van der Waals surface area (Å²) in [6, 6.07) is 5.46. The molecule has 0 saturated carbocycles. The molecule has 18 heavy (non-hydrogen) atoms. The van der Waals surface area contributed by atoms with Gasteiger partial charge in [0.05, 0.1) is 12.7 Å². The molecule has 1 aromatic carbocycles. The standard InChI is InChI=1S/C10H9BrClN3O2S/c11-8-2-1-7(10(12)3-8)5-15-6-9(4-14-15)18(13,16)17/h1-4,6H,5H2,(H2,13,16,17). The summed E-state index contributed by atoms with van der Waals surface area (Å²) in [5.74, 6) is 0. The number of hydrogen-bond acceptors (Lipinski definition) is 3. The molecule has 5 nitrogen and oxygen atoms in total. The number of nitrogens with zero attached hydrogens (tertiary/aromatic N) is 2. The minimum absolute atomic E-state index is 0.0178. The molecule has 8 heteroatoms. The zero-order valence-corrected chi connectivity index (χ0v) is 12.2. The molecule has 2 rings (SSSR count). The van der Waals surface area contributed by atoms with E-state index in [1.54, 1.807) is 6.07 Å². The summed E-state index contributed by atoms with van der Waals surface area (Å²) in [7, 11) is -3.71. The van der Waals surface area contributed by atoms with Crippen LogP contribution < -0.4 is 5.14 Å². The first-order valence-corrected chi connectivity index (χ1v) is 7.57. The van der Waals surface area contributed by atoms with Crippen LogP contribution in [0.15, 0.2) is 40.0 Å². The number of nitrogens with two attached hydrogens (primary N) is 1. The average molecular weight is 351 g/mol. The fourth-order valence-electron chi connectivity index (χ4n) is 1.40. The van der Waals surface area contributed by atoms with Crippen LogP contribution in [0.3, 0.4) is 0 Å². The first-order valence-electron chi connectivity index (χ1n) is 4.85. The van der Waals surface area contributed by atoms with Crippen molar-refractivity contribution in [2.24, 2.45) is 5.14 Å². The summed E-state index contributed by atoms with van der Waals surface area (Å²) in [6.07, 6.45) is 2.58. The van der Waals surface area contributed by atoms with Gasteiger partial charge in [-0.05, 0) is 17.7 Å². The van der Waals surface area contributed by atoms with Crippen LogP contribution >= 0.6 is 27.5 Å². The van der Waals surface area contributed by atoms with Gasteiger partial charge in [0.15, 0.2) is 0 Å². The minimum Gasteiger partial charge on any atom is -0.267 e. The summed E-state index contributed by atoms with van der Waals surface area (Å²) in [5, 5.41) is 9.51. The van der Waals surface area contributed by atoms with Crippen molar-refractivity contribution in [3.63, 3.8) is 0 Å². The average Bonchev–Trinajstić information content (AvgIpc) is 2.70. The van der Waals surface area contributed by atoms with Crippen molar-refractivity contribution < 1.29 is 8.42 Å². The Bertz CT molecular complexity index is 684. The van der Waals surface area contributed by atoms with Gasteiger partial charge in [-0.2, -0.15) is 5.10 Å².